The third-order valence-electron chi connectivity index (χ3n) is 8.60. The van der Waals surface area contributed by atoms with Gasteiger partial charge in [0.05, 0.1) is 22.6 Å². The molecule has 1 fully saturated rings. The minimum absolute atomic E-state index is 0.0199. The third-order valence-corrected chi connectivity index (χ3v) is 8.60. The van der Waals surface area contributed by atoms with Crippen molar-refractivity contribution in [1.29, 1.82) is 0 Å². The molecule has 0 unspecified atom stereocenters. The number of aryl methyl sites for hydroxylation is 2. The standard InChI is InChI=1S/C34H36F4N8O3/c1-8-23(47)45-12-11-44(15-19(45)6)30-20-14-21(35)27(28-25(34(36,37)38)18(5)13-22(39)42-28)43-31(20)46(33(49)24(30)32(48)40-7)29-17(4)9-10-41-26(29)16(2)3/h8-10,13-14,16,19H,1,11-12,15H2,2-7H3,(H2,39,42)(H,40,48)/t19-/m1/s1. The minimum Gasteiger partial charge on any atom is -0.384 e. The van der Waals surface area contributed by atoms with Crippen molar-refractivity contribution in [2.24, 2.45) is 0 Å². The number of nitrogens with zero attached hydrogens (tertiary/aromatic N) is 6. The van der Waals surface area contributed by atoms with Crippen molar-refractivity contribution in [2.45, 2.75) is 52.8 Å². The predicted octanol–water partition coefficient (Wildman–Crippen LogP) is 4.91. The molecule has 0 aliphatic carbocycles. The number of carbonyl (C=O) groups excluding carboxylic acids is 2. The van der Waals surface area contributed by atoms with Gasteiger partial charge in [-0.05, 0) is 62.1 Å². The number of hydrogen-bond donors (Lipinski definition) is 2. The highest BCUT2D eigenvalue weighted by atomic mass is 19.4. The molecule has 3 N–H and O–H groups in total. The van der Waals surface area contributed by atoms with Crippen LogP contribution in [0.2, 0.25) is 0 Å². The van der Waals surface area contributed by atoms with E-state index in [-0.39, 0.29) is 70.8 Å². The zero-order valence-electron chi connectivity index (χ0n) is 27.9. The van der Waals surface area contributed by atoms with E-state index in [1.54, 1.807) is 35.9 Å². The van der Waals surface area contributed by atoms with Crippen LogP contribution in [0.15, 0.2) is 41.8 Å². The van der Waals surface area contributed by atoms with E-state index in [0.29, 0.717) is 11.3 Å². The van der Waals surface area contributed by atoms with Gasteiger partial charge < -0.3 is 20.9 Å². The first-order chi connectivity index (χ1) is 23.0. The summed E-state index contributed by atoms with van der Waals surface area (Å²) >= 11 is 0. The number of alkyl halides is 3. The molecule has 258 valence electrons. The Kier molecular flexibility index (Phi) is 9.23. The van der Waals surface area contributed by atoms with E-state index >= 15 is 4.39 Å². The molecule has 5 heterocycles. The Morgan fingerprint density at radius 2 is 1.80 bits per heavy atom. The Balaban J connectivity index is 1.98. The molecule has 0 radical (unpaired) electrons. The van der Waals surface area contributed by atoms with Crippen LogP contribution >= 0.6 is 0 Å². The molecule has 2 amide bonds. The molecule has 0 aromatic carbocycles. The molecule has 5 rings (SSSR count). The predicted molar refractivity (Wildman–Crippen MR) is 178 cm³/mol. The number of nitrogens with one attached hydrogen (secondary N) is 1. The van der Waals surface area contributed by atoms with Gasteiger partial charge in [0.1, 0.15) is 22.8 Å². The molecule has 49 heavy (non-hydrogen) atoms. The second kappa shape index (κ2) is 12.9. The molecule has 11 nitrogen and oxygen atoms in total. The number of amides is 2. The summed E-state index contributed by atoms with van der Waals surface area (Å²) < 4.78 is 60.8. The van der Waals surface area contributed by atoms with E-state index in [2.05, 4.69) is 26.8 Å². The van der Waals surface area contributed by atoms with E-state index in [0.717, 1.165) is 16.7 Å². The first-order valence-corrected chi connectivity index (χ1v) is 15.5. The van der Waals surface area contributed by atoms with Crippen LogP contribution in [-0.4, -0.2) is 69.0 Å². The number of nitrogen functional groups attached to an aromatic ring is 1. The number of carbonyl (C=O) groups is 2. The van der Waals surface area contributed by atoms with Gasteiger partial charge in [0, 0.05) is 44.3 Å². The molecule has 1 saturated heterocycles. The van der Waals surface area contributed by atoms with Gasteiger partial charge in [0.15, 0.2) is 11.5 Å². The van der Waals surface area contributed by atoms with Crippen LogP contribution in [0.4, 0.5) is 29.1 Å². The maximum absolute atomic E-state index is 16.4. The highest BCUT2D eigenvalue weighted by Crippen LogP contribution is 2.41. The SMILES string of the molecule is C=CC(=O)N1CCN(c2c(C(=O)NC)c(=O)n(-c3c(C)ccnc3C(C)C)c3nc(-c4nc(N)cc(C)c4C(F)(F)F)c(F)cc23)C[C@H]1C. The monoisotopic (exact) mass is 680 g/mol. The van der Waals surface area contributed by atoms with Crippen molar-refractivity contribution in [3.63, 3.8) is 0 Å². The lowest BCUT2D eigenvalue weighted by molar-refractivity contribution is -0.137. The number of piperazine rings is 1. The molecule has 4 aromatic heterocycles. The average molecular weight is 681 g/mol. The fraction of sp³-hybridized carbons (Fsp3) is 0.353. The summed E-state index contributed by atoms with van der Waals surface area (Å²) in [6.07, 6.45) is -2.22. The summed E-state index contributed by atoms with van der Waals surface area (Å²) in [6, 6.07) is 3.20. The van der Waals surface area contributed by atoms with E-state index in [9.17, 15) is 27.6 Å². The van der Waals surface area contributed by atoms with Crippen LogP contribution < -0.4 is 21.5 Å². The Morgan fingerprint density at radius 1 is 1.10 bits per heavy atom. The van der Waals surface area contributed by atoms with Gasteiger partial charge in [-0.2, -0.15) is 13.2 Å². The summed E-state index contributed by atoms with van der Waals surface area (Å²) in [5.41, 5.74) is 2.52. The van der Waals surface area contributed by atoms with Gasteiger partial charge in [0.2, 0.25) is 5.91 Å². The van der Waals surface area contributed by atoms with Crippen molar-refractivity contribution < 1.29 is 27.2 Å². The lowest BCUT2D eigenvalue weighted by Crippen LogP contribution is -2.54. The number of anilines is 2. The summed E-state index contributed by atoms with van der Waals surface area (Å²) in [5, 5.41) is 2.47. The second-order valence-electron chi connectivity index (χ2n) is 12.3. The lowest BCUT2D eigenvalue weighted by atomic mass is 10.0. The van der Waals surface area contributed by atoms with E-state index in [1.165, 1.54) is 20.0 Å². The first-order valence-electron chi connectivity index (χ1n) is 15.5. The highest BCUT2D eigenvalue weighted by Gasteiger charge is 2.39. The number of hydrogen-bond acceptors (Lipinski definition) is 8. The zero-order valence-corrected chi connectivity index (χ0v) is 27.9. The topological polar surface area (TPSA) is 139 Å². The fourth-order valence-electron chi connectivity index (χ4n) is 6.42. The normalized spacial score (nSPS) is 15.2. The van der Waals surface area contributed by atoms with Crippen LogP contribution in [0.5, 0.6) is 0 Å². The molecule has 4 aromatic rings. The number of fused-ring (bicyclic) bond motifs is 1. The quantitative estimate of drug-likeness (QED) is 0.217. The van der Waals surface area contributed by atoms with Crippen molar-refractivity contribution >= 4 is 34.4 Å². The van der Waals surface area contributed by atoms with E-state index in [1.807, 2.05) is 13.8 Å². The number of rotatable bonds is 6. The minimum atomic E-state index is -4.96. The molecule has 15 heteroatoms. The summed E-state index contributed by atoms with van der Waals surface area (Å²) in [7, 11) is 1.34. The van der Waals surface area contributed by atoms with Crippen LogP contribution in [0, 0.1) is 19.7 Å². The van der Waals surface area contributed by atoms with E-state index < -0.39 is 46.5 Å². The number of aromatic nitrogens is 4. The van der Waals surface area contributed by atoms with Gasteiger partial charge >= 0.3 is 6.18 Å². The molecule has 0 bridgehead atoms. The Labute approximate surface area is 279 Å². The zero-order chi connectivity index (χ0) is 36.1. The van der Waals surface area contributed by atoms with Crippen molar-refractivity contribution in [3.8, 4) is 17.1 Å². The van der Waals surface area contributed by atoms with E-state index in [4.69, 9.17) is 5.73 Å². The maximum Gasteiger partial charge on any atom is 0.418 e. The van der Waals surface area contributed by atoms with Crippen LogP contribution in [0.3, 0.4) is 0 Å². The van der Waals surface area contributed by atoms with Crippen LogP contribution in [-0.2, 0) is 11.0 Å². The average Bonchev–Trinajstić information content (AvgIpc) is 3.02. The largest absolute Gasteiger partial charge is 0.418 e. The van der Waals surface area contributed by atoms with Gasteiger partial charge in [-0.3, -0.25) is 23.9 Å². The van der Waals surface area contributed by atoms with Crippen molar-refractivity contribution in [1.82, 2.24) is 29.7 Å². The fourth-order valence-corrected chi connectivity index (χ4v) is 6.42. The molecule has 1 aliphatic heterocycles. The van der Waals surface area contributed by atoms with Gasteiger partial charge in [0.25, 0.3) is 11.5 Å². The first kappa shape index (κ1) is 35.0. The Hall–Kier alpha value is -5.34. The number of halogens is 4. The lowest BCUT2D eigenvalue weighted by Gasteiger charge is -2.41. The maximum atomic E-state index is 16.4. The van der Waals surface area contributed by atoms with Crippen molar-refractivity contribution in [3.05, 3.63) is 81.2 Å². The van der Waals surface area contributed by atoms with Gasteiger partial charge in [-0.25, -0.2) is 14.4 Å². The third kappa shape index (κ3) is 6.08. The van der Waals surface area contributed by atoms with Gasteiger partial charge in [-0.1, -0.05) is 20.4 Å². The van der Waals surface area contributed by atoms with Crippen LogP contribution in [0.1, 0.15) is 59.4 Å². The summed E-state index contributed by atoms with van der Waals surface area (Å²) in [4.78, 5) is 56.9. The summed E-state index contributed by atoms with van der Waals surface area (Å²) in [5.74, 6) is -2.83. The summed E-state index contributed by atoms with van der Waals surface area (Å²) in [6.45, 7) is 12.3. The second-order valence-corrected chi connectivity index (χ2v) is 12.3. The Morgan fingerprint density at radius 3 is 2.39 bits per heavy atom. The van der Waals surface area contributed by atoms with Gasteiger partial charge in [-0.15, -0.1) is 0 Å². The molecular weight excluding hydrogens is 644 g/mol. The Bertz CT molecular complexity index is 2080. The highest BCUT2D eigenvalue weighted by molar-refractivity contribution is 6.07. The van der Waals surface area contributed by atoms with Crippen LogP contribution in [0.25, 0.3) is 28.1 Å². The van der Waals surface area contributed by atoms with Crippen molar-refractivity contribution in [2.75, 3.05) is 37.3 Å². The molecule has 1 atom stereocenters. The molecular formula is C34H36F4N8O3. The molecule has 0 saturated carbocycles. The molecule has 0 spiro atoms. The number of pyridine rings is 4. The number of nitrogens with two attached hydrogens (primary N) is 1. The molecule has 1 aliphatic rings. The smallest absolute Gasteiger partial charge is 0.384 e.